The fraction of sp³-hybridized carbons (Fsp3) is 0.0800. The molecule has 2 amide bonds. The molecule has 0 atom stereocenters. The number of halogens is 1. The Bertz CT molecular complexity index is 1190. The standard InChI is InChI=1S/C25H22BrN3O4/c1-32-22-13-10-18(15-23(22)33-2)24(30)28-21-12-11-19(26)16-20(21)25(31)29-27-14-6-9-17-7-4-3-5-8-17/h3-16H,1-2H3,(H,28,30)(H,29,31)/b9-6+,27-14+. The first-order valence-corrected chi connectivity index (χ1v) is 10.7. The van der Waals surface area contributed by atoms with Crippen molar-refractivity contribution in [1.82, 2.24) is 5.43 Å². The smallest absolute Gasteiger partial charge is 0.273 e. The zero-order chi connectivity index (χ0) is 23.6. The van der Waals surface area contributed by atoms with Crippen molar-refractivity contribution in [3.8, 4) is 11.5 Å². The minimum atomic E-state index is -0.469. The zero-order valence-corrected chi connectivity index (χ0v) is 19.6. The van der Waals surface area contributed by atoms with Gasteiger partial charge in [0.15, 0.2) is 11.5 Å². The van der Waals surface area contributed by atoms with E-state index in [9.17, 15) is 9.59 Å². The summed E-state index contributed by atoms with van der Waals surface area (Å²) in [5.41, 5.74) is 4.43. The van der Waals surface area contributed by atoms with E-state index in [0.29, 0.717) is 27.2 Å². The molecule has 0 bridgehead atoms. The summed E-state index contributed by atoms with van der Waals surface area (Å²) in [6.07, 6.45) is 5.06. The van der Waals surface area contributed by atoms with Gasteiger partial charge in [-0.1, -0.05) is 52.3 Å². The van der Waals surface area contributed by atoms with Crippen molar-refractivity contribution >= 4 is 45.7 Å². The van der Waals surface area contributed by atoms with E-state index >= 15 is 0 Å². The van der Waals surface area contributed by atoms with Crippen LogP contribution in [-0.2, 0) is 0 Å². The maximum absolute atomic E-state index is 12.8. The molecule has 3 aromatic carbocycles. The number of carbonyl (C=O) groups excluding carboxylic acids is 2. The van der Waals surface area contributed by atoms with Crippen molar-refractivity contribution in [3.63, 3.8) is 0 Å². The lowest BCUT2D eigenvalue weighted by molar-refractivity contribution is 0.0956. The van der Waals surface area contributed by atoms with Gasteiger partial charge in [-0.2, -0.15) is 5.10 Å². The largest absolute Gasteiger partial charge is 0.493 e. The first kappa shape index (κ1) is 23.7. The van der Waals surface area contributed by atoms with E-state index in [-0.39, 0.29) is 5.56 Å². The van der Waals surface area contributed by atoms with Gasteiger partial charge in [0.25, 0.3) is 11.8 Å². The van der Waals surface area contributed by atoms with Crippen LogP contribution in [0.4, 0.5) is 5.69 Å². The van der Waals surface area contributed by atoms with Crippen molar-refractivity contribution in [2.24, 2.45) is 5.10 Å². The topological polar surface area (TPSA) is 89.0 Å². The summed E-state index contributed by atoms with van der Waals surface area (Å²) in [7, 11) is 3.01. The number of benzene rings is 3. The van der Waals surface area contributed by atoms with Gasteiger partial charge >= 0.3 is 0 Å². The lowest BCUT2D eigenvalue weighted by Crippen LogP contribution is -2.21. The molecule has 0 saturated heterocycles. The molecular weight excluding hydrogens is 486 g/mol. The number of nitrogens with one attached hydrogen (secondary N) is 2. The number of hydrogen-bond acceptors (Lipinski definition) is 5. The monoisotopic (exact) mass is 507 g/mol. The predicted molar refractivity (Wildman–Crippen MR) is 133 cm³/mol. The molecule has 0 aliphatic heterocycles. The zero-order valence-electron chi connectivity index (χ0n) is 18.0. The second-order valence-corrected chi connectivity index (χ2v) is 7.62. The summed E-state index contributed by atoms with van der Waals surface area (Å²) in [6, 6.07) is 19.5. The number of amides is 2. The Kier molecular flexibility index (Phi) is 8.37. The van der Waals surface area contributed by atoms with Gasteiger partial charge in [0.1, 0.15) is 0 Å². The Morgan fingerprint density at radius 1 is 0.909 bits per heavy atom. The highest BCUT2D eigenvalue weighted by Gasteiger charge is 2.16. The van der Waals surface area contributed by atoms with E-state index in [1.165, 1.54) is 20.4 Å². The van der Waals surface area contributed by atoms with Crippen LogP contribution in [0, 0.1) is 0 Å². The Labute approximate surface area is 200 Å². The van der Waals surface area contributed by atoms with Gasteiger partial charge in [-0.25, -0.2) is 5.43 Å². The maximum Gasteiger partial charge on any atom is 0.273 e. The van der Waals surface area contributed by atoms with Crippen molar-refractivity contribution in [1.29, 1.82) is 0 Å². The van der Waals surface area contributed by atoms with Crippen LogP contribution >= 0.6 is 15.9 Å². The van der Waals surface area contributed by atoms with Crippen LogP contribution in [0.2, 0.25) is 0 Å². The molecule has 0 saturated carbocycles. The van der Waals surface area contributed by atoms with Crippen LogP contribution in [0.5, 0.6) is 11.5 Å². The molecule has 168 valence electrons. The Hall–Kier alpha value is -3.91. The molecule has 3 rings (SSSR count). The number of anilines is 1. The first-order chi connectivity index (χ1) is 16.0. The molecule has 0 fully saturated rings. The van der Waals surface area contributed by atoms with Gasteiger partial charge in [0.2, 0.25) is 0 Å². The molecule has 0 aliphatic carbocycles. The molecule has 0 unspecified atom stereocenters. The summed E-state index contributed by atoms with van der Waals surface area (Å²) in [5, 5.41) is 6.71. The molecule has 0 spiro atoms. The van der Waals surface area contributed by atoms with Gasteiger partial charge in [0, 0.05) is 16.3 Å². The van der Waals surface area contributed by atoms with Crippen LogP contribution in [0.3, 0.4) is 0 Å². The molecule has 7 nitrogen and oxygen atoms in total. The van der Waals surface area contributed by atoms with Gasteiger partial charge in [-0.15, -0.1) is 0 Å². The van der Waals surface area contributed by atoms with E-state index in [0.717, 1.165) is 5.56 Å². The van der Waals surface area contributed by atoms with E-state index in [4.69, 9.17) is 9.47 Å². The van der Waals surface area contributed by atoms with Crippen LogP contribution in [-0.4, -0.2) is 32.2 Å². The van der Waals surface area contributed by atoms with E-state index in [1.807, 2.05) is 36.4 Å². The lowest BCUT2D eigenvalue weighted by atomic mass is 10.1. The number of methoxy groups -OCH3 is 2. The minimum Gasteiger partial charge on any atom is -0.493 e. The average Bonchev–Trinajstić information content (AvgIpc) is 2.84. The molecule has 3 aromatic rings. The molecule has 0 heterocycles. The number of hydrazone groups is 1. The van der Waals surface area contributed by atoms with Crippen molar-refractivity contribution in [2.45, 2.75) is 0 Å². The molecular formula is C25H22BrN3O4. The normalized spacial score (nSPS) is 10.9. The fourth-order valence-corrected chi connectivity index (χ4v) is 3.26. The SMILES string of the molecule is COc1ccc(C(=O)Nc2ccc(Br)cc2C(=O)N/N=C/C=C/c2ccccc2)cc1OC. The number of ether oxygens (including phenoxy) is 2. The lowest BCUT2D eigenvalue weighted by Gasteiger charge is -2.12. The predicted octanol–water partition coefficient (Wildman–Crippen LogP) is 5.15. The van der Waals surface area contributed by atoms with Crippen LogP contribution in [0.1, 0.15) is 26.3 Å². The van der Waals surface area contributed by atoms with E-state index in [1.54, 1.807) is 42.5 Å². The summed E-state index contributed by atoms with van der Waals surface area (Å²) in [5.74, 6) is 0.0682. The van der Waals surface area contributed by atoms with Crippen molar-refractivity contribution < 1.29 is 19.1 Å². The van der Waals surface area contributed by atoms with E-state index in [2.05, 4.69) is 31.8 Å². The van der Waals surface area contributed by atoms with Crippen LogP contribution in [0.15, 0.2) is 82.4 Å². The molecule has 0 radical (unpaired) electrons. The number of rotatable bonds is 8. The highest BCUT2D eigenvalue weighted by Crippen LogP contribution is 2.28. The third-order valence-electron chi connectivity index (χ3n) is 4.54. The van der Waals surface area contributed by atoms with Crippen LogP contribution in [0.25, 0.3) is 6.08 Å². The number of carbonyl (C=O) groups is 2. The second-order valence-electron chi connectivity index (χ2n) is 6.70. The number of nitrogens with zero attached hydrogens (tertiary/aromatic N) is 1. The quantitative estimate of drug-likeness (QED) is 0.326. The third kappa shape index (κ3) is 6.54. The highest BCUT2D eigenvalue weighted by atomic mass is 79.9. The minimum absolute atomic E-state index is 0.252. The number of allylic oxidation sites excluding steroid dienone is 1. The Morgan fingerprint density at radius 2 is 1.67 bits per heavy atom. The summed E-state index contributed by atoms with van der Waals surface area (Å²) >= 11 is 3.36. The van der Waals surface area contributed by atoms with Gasteiger partial charge < -0.3 is 14.8 Å². The summed E-state index contributed by atoms with van der Waals surface area (Å²) < 4.78 is 11.1. The van der Waals surface area contributed by atoms with Gasteiger partial charge in [0.05, 0.1) is 25.5 Å². The molecule has 0 aliphatic rings. The fourth-order valence-electron chi connectivity index (χ4n) is 2.90. The van der Waals surface area contributed by atoms with Crippen molar-refractivity contribution in [2.75, 3.05) is 19.5 Å². The van der Waals surface area contributed by atoms with Crippen molar-refractivity contribution in [3.05, 3.63) is 94.0 Å². The van der Waals surface area contributed by atoms with Crippen LogP contribution < -0.4 is 20.2 Å². The highest BCUT2D eigenvalue weighted by molar-refractivity contribution is 9.10. The molecule has 33 heavy (non-hydrogen) atoms. The summed E-state index contributed by atoms with van der Waals surface area (Å²) in [6.45, 7) is 0. The third-order valence-corrected chi connectivity index (χ3v) is 5.03. The Morgan fingerprint density at radius 3 is 2.39 bits per heavy atom. The summed E-state index contributed by atoms with van der Waals surface area (Å²) in [4.78, 5) is 25.5. The van der Waals surface area contributed by atoms with E-state index < -0.39 is 11.8 Å². The maximum atomic E-state index is 12.8. The van der Waals surface area contributed by atoms with Gasteiger partial charge in [-0.05, 0) is 48.0 Å². The average molecular weight is 508 g/mol. The second kappa shape index (κ2) is 11.6. The Balaban J connectivity index is 1.72. The van der Waals surface area contributed by atoms with Gasteiger partial charge in [-0.3, -0.25) is 9.59 Å². The number of hydrogen-bond donors (Lipinski definition) is 2. The molecule has 0 aromatic heterocycles. The molecule has 8 heteroatoms. The first-order valence-electron chi connectivity index (χ1n) is 9.90. The molecule has 2 N–H and O–H groups in total.